The van der Waals surface area contributed by atoms with Crippen molar-refractivity contribution in [2.75, 3.05) is 7.11 Å². The van der Waals surface area contributed by atoms with E-state index in [0.29, 0.717) is 5.02 Å². The van der Waals surface area contributed by atoms with E-state index in [0.717, 1.165) is 19.2 Å². The van der Waals surface area contributed by atoms with Crippen LogP contribution in [0.25, 0.3) is 0 Å². The summed E-state index contributed by atoms with van der Waals surface area (Å²) in [6.45, 7) is 0. The van der Waals surface area contributed by atoms with E-state index in [4.69, 9.17) is 16.3 Å². The third kappa shape index (κ3) is 1.97. The SMILES string of the molecule is COc1cc(Br)c(Cl)c(Br)c1Br. The van der Waals surface area contributed by atoms with Gasteiger partial charge in [-0.1, -0.05) is 11.6 Å². The number of benzene rings is 1. The van der Waals surface area contributed by atoms with E-state index in [9.17, 15) is 0 Å². The number of hydrogen-bond acceptors (Lipinski definition) is 1. The lowest BCUT2D eigenvalue weighted by Crippen LogP contribution is -1.86. The smallest absolute Gasteiger partial charge is 0.135 e. The van der Waals surface area contributed by atoms with Crippen LogP contribution in [-0.2, 0) is 0 Å². The van der Waals surface area contributed by atoms with Crippen LogP contribution < -0.4 is 4.74 Å². The molecule has 0 saturated heterocycles. The highest BCUT2D eigenvalue weighted by atomic mass is 79.9. The standard InChI is InChI=1S/C7H4Br3ClO/c1-12-4-2-3(8)7(11)6(10)5(4)9/h2H,1H3. The highest BCUT2D eigenvalue weighted by molar-refractivity contribution is 9.13. The Morgan fingerprint density at radius 3 is 2.33 bits per heavy atom. The van der Waals surface area contributed by atoms with Gasteiger partial charge in [-0.2, -0.15) is 0 Å². The molecule has 0 aliphatic rings. The van der Waals surface area contributed by atoms with Crippen molar-refractivity contribution in [3.63, 3.8) is 0 Å². The van der Waals surface area contributed by atoms with Crippen LogP contribution in [0, 0.1) is 0 Å². The Bertz CT molecular complexity index is 314. The summed E-state index contributed by atoms with van der Waals surface area (Å²) in [5.74, 6) is 0.734. The van der Waals surface area contributed by atoms with Crippen molar-refractivity contribution in [2.24, 2.45) is 0 Å². The van der Waals surface area contributed by atoms with Crippen LogP contribution in [0.3, 0.4) is 0 Å². The van der Waals surface area contributed by atoms with Gasteiger partial charge in [0.1, 0.15) is 5.75 Å². The Hall–Kier alpha value is 0.750. The van der Waals surface area contributed by atoms with E-state index in [1.54, 1.807) is 13.2 Å². The second-order valence-electron chi connectivity index (χ2n) is 2.00. The zero-order chi connectivity index (χ0) is 9.30. The molecule has 0 bridgehead atoms. The van der Waals surface area contributed by atoms with E-state index in [1.165, 1.54) is 0 Å². The molecule has 1 nitrogen and oxygen atoms in total. The van der Waals surface area contributed by atoms with Gasteiger partial charge in [-0.25, -0.2) is 0 Å². The molecule has 0 N–H and O–H groups in total. The average molecular weight is 379 g/mol. The van der Waals surface area contributed by atoms with E-state index in [2.05, 4.69) is 47.8 Å². The first-order valence-electron chi connectivity index (χ1n) is 2.95. The molecular formula is C7H4Br3ClO. The predicted molar refractivity (Wildman–Crippen MR) is 61.1 cm³/mol. The van der Waals surface area contributed by atoms with Crippen LogP contribution in [0.15, 0.2) is 19.5 Å². The van der Waals surface area contributed by atoms with Gasteiger partial charge >= 0.3 is 0 Å². The van der Waals surface area contributed by atoms with Crippen LogP contribution in [0.5, 0.6) is 5.75 Å². The van der Waals surface area contributed by atoms with Gasteiger partial charge in [-0.05, 0) is 53.9 Å². The lowest BCUT2D eigenvalue weighted by atomic mass is 10.3. The molecule has 0 heterocycles. The molecule has 0 fully saturated rings. The minimum absolute atomic E-state index is 0.627. The molecule has 1 rings (SSSR count). The Balaban J connectivity index is 3.39. The van der Waals surface area contributed by atoms with Crippen molar-refractivity contribution in [3.05, 3.63) is 24.5 Å². The van der Waals surface area contributed by atoms with Crippen molar-refractivity contribution >= 4 is 59.4 Å². The molecule has 0 unspecified atom stereocenters. The molecule has 0 amide bonds. The summed E-state index contributed by atoms with van der Waals surface area (Å²) in [5, 5.41) is 0.627. The molecule has 0 spiro atoms. The third-order valence-electron chi connectivity index (χ3n) is 1.29. The van der Waals surface area contributed by atoms with Crippen LogP contribution >= 0.6 is 59.4 Å². The average Bonchev–Trinajstić information content (AvgIpc) is 2.08. The minimum atomic E-state index is 0.627. The minimum Gasteiger partial charge on any atom is -0.495 e. The summed E-state index contributed by atoms with van der Waals surface area (Å²) in [7, 11) is 1.60. The van der Waals surface area contributed by atoms with Crippen molar-refractivity contribution in [1.29, 1.82) is 0 Å². The van der Waals surface area contributed by atoms with E-state index in [1.807, 2.05) is 0 Å². The normalized spacial score (nSPS) is 10.1. The molecule has 1 aromatic carbocycles. The molecule has 1 aromatic rings. The lowest BCUT2D eigenvalue weighted by molar-refractivity contribution is 0.411. The highest BCUT2D eigenvalue weighted by Crippen LogP contribution is 2.42. The maximum atomic E-state index is 5.93. The first kappa shape index (κ1) is 10.8. The Morgan fingerprint density at radius 1 is 1.25 bits per heavy atom. The Kier molecular flexibility index (Phi) is 3.89. The molecular weight excluding hydrogens is 375 g/mol. The molecule has 5 heteroatoms. The Morgan fingerprint density at radius 2 is 1.83 bits per heavy atom. The second-order valence-corrected chi connectivity index (χ2v) is 4.82. The maximum Gasteiger partial charge on any atom is 0.135 e. The molecule has 0 radical (unpaired) electrons. The van der Waals surface area contributed by atoms with Crippen molar-refractivity contribution in [2.45, 2.75) is 0 Å². The summed E-state index contributed by atoms with van der Waals surface area (Å²) >= 11 is 15.9. The number of halogens is 4. The summed E-state index contributed by atoms with van der Waals surface area (Å²) in [5.41, 5.74) is 0. The lowest BCUT2D eigenvalue weighted by Gasteiger charge is -2.07. The molecule has 0 aliphatic heterocycles. The molecule has 12 heavy (non-hydrogen) atoms. The van der Waals surface area contributed by atoms with E-state index >= 15 is 0 Å². The zero-order valence-corrected chi connectivity index (χ0v) is 11.5. The first-order valence-corrected chi connectivity index (χ1v) is 5.70. The third-order valence-corrected chi connectivity index (χ3v) is 4.88. The van der Waals surface area contributed by atoms with E-state index in [-0.39, 0.29) is 0 Å². The van der Waals surface area contributed by atoms with Crippen LogP contribution in [0.2, 0.25) is 5.02 Å². The molecule has 0 aliphatic carbocycles. The Labute approximate surface area is 101 Å². The van der Waals surface area contributed by atoms with Crippen LogP contribution in [-0.4, -0.2) is 7.11 Å². The van der Waals surface area contributed by atoms with E-state index < -0.39 is 0 Å². The van der Waals surface area contributed by atoms with Crippen molar-refractivity contribution in [1.82, 2.24) is 0 Å². The summed E-state index contributed by atoms with van der Waals surface area (Å²) in [4.78, 5) is 0. The quantitative estimate of drug-likeness (QED) is 0.511. The van der Waals surface area contributed by atoms with Gasteiger partial charge in [0.15, 0.2) is 0 Å². The molecule has 66 valence electrons. The summed E-state index contributed by atoms with van der Waals surface area (Å²) < 4.78 is 7.50. The molecule has 0 saturated carbocycles. The van der Waals surface area contributed by atoms with Gasteiger partial charge in [0, 0.05) is 4.47 Å². The zero-order valence-electron chi connectivity index (χ0n) is 6.00. The topological polar surface area (TPSA) is 9.23 Å². The molecule has 0 aromatic heterocycles. The monoisotopic (exact) mass is 376 g/mol. The van der Waals surface area contributed by atoms with Gasteiger partial charge in [0.25, 0.3) is 0 Å². The first-order chi connectivity index (χ1) is 5.57. The summed E-state index contributed by atoms with van der Waals surface area (Å²) in [6.07, 6.45) is 0. The fourth-order valence-electron chi connectivity index (χ4n) is 0.700. The maximum absolute atomic E-state index is 5.93. The van der Waals surface area contributed by atoms with Crippen molar-refractivity contribution in [3.8, 4) is 5.75 Å². The molecule has 0 atom stereocenters. The van der Waals surface area contributed by atoms with Crippen LogP contribution in [0.1, 0.15) is 0 Å². The second kappa shape index (κ2) is 4.31. The number of ether oxygens (including phenoxy) is 1. The van der Waals surface area contributed by atoms with Gasteiger partial charge in [0.05, 0.1) is 21.1 Å². The van der Waals surface area contributed by atoms with Gasteiger partial charge in [-0.3, -0.25) is 0 Å². The van der Waals surface area contributed by atoms with Gasteiger partial charge < -0.3 is 4.74 Å². The van der Waals surface area contributed by atoms with Crippen molar-refractivity contribution < 1.29 is 4.74 Å². The fraction of sp³-hybridized carbons (Fsp3) is 0.143. The number of rotatable bonds is 1. The largest absolute Gasteiger partial charge is 0.495 e. The van der Waals surface area contributed by atoms with Gasteiger partial charge in [0.2, 0.25) is 0 Å². The fourth-order valence-corrected chi connectivity index (χ4v) is 2.52. The number of methoxy groups -OCH3 is 1. The summed E-state index contributed by atoms with van der Waals surface area (Å²) in [6, 6.07) is 1.80. The predicted octanol–water partition coefficient (Wildman–Crippen LogP) is 4.64. The van der Waals surface area contributed by atoms with Crippen LogP contribution in [0.4, 0.5) is 0 Å². The number of hydrogen-bond donors (Lipinski definition) is 0. The highest BCUT2D eigenvalue weighted by Gasteiger charge is 2.11. The van der Waals surface area contributed by atoms with Gasteiger partial charge in [-0.15, -0.1) is 0 Å².